The number of aromatic nitrogens is 1. The van der Waals surface area contributed by atoms with Gasteiger partial charge in [0.25, 0.3) is 0 Å². The lowest BCUT2D eigenvalue weighted by atomic mass is 9.82. The van der Waals surface area contributed by atoms with E-state index in [1.165, 1.54) is 30.4 Å². The summed E-state index contributed by atoms with van der Waals surface area (Å²) in [4.78, 5) is 21.0. The summed E-state index contributed by atoms with van der Waals surface area (Å²) in [5.74, 6) is 0.00436. The van der Waals surface area contributed by atoms with Crippen LogP contribution < -0.4 is 10.2 Å². The summed E-state index contributed by atoms with van der Waals surface area (Å²) in [7, 11) is 0. The Kier molecular flexibility index (Phi) is 8.14. The Morgan fingerprint density at radius 1 is 1.12 bits per heavy atom. The van der Waals surface area contributed by atoms with E-state index in [0.29, 0.717) is 12.4 Å². The molecule has 0 radical (unpaired) electrons. The van der Waals surface area contributed by atoms with Gasteiger partial charge in [-0.1, -0.05) is 30.7 Å². The lowest BCUT2D eigenvalue weighted by Gasteiger charge is -2.25. The Balaban J connectivity index is 1.38. The van der Waals surface area contributed by atoms with Crippen molar-refractivity contribution in [2.24, 2.45) is 0 Å². The zero-order valence-corrected chi connectivity index (χ0v) is 19.0. The van der Waals surface area contributed by atoms with Gasteiger partial charge in [-0.2, -0.15) is 0 Å². The van der Waals surface area contributed by atoms with Crippen LogP contribution in [0.5, 0.6) is 5.75 Å². The minimum atomic E-state index is -0.960. The van der Waals surface area contributed by atoms with Crippen LogP contribution in [-0.4, -0.2) is 29.3 Å². The van der Waals surface area contributed by atoms with Gasteiger partial charge in [-0.05, 0) is 79.8 Å². The summed E-state index contributed by atoms with van der Waals surface area (Å²) in [6.45, 7) is 0.142. The number of nitrogens with zero attached hydrogens (tertiary/aromatic N) is 1. The first kappa shape index (κ1) is 23.1. The first-order valence-corrected chi connectivity index (χ1v) is 11.9. The molecule has 0 bridgehead atoms. The molecule has 2 aromatic rings. The molecular weight excluding hydrogens is 416 g/mol. The zero-order chi connectivity index (χ0) is 22.9. The molecule has 1 aromatic carbocycles. The van der Waals surface area contributed by atoms with Crippen molar-refractivity contribution >= 4 is 11.7 Å². The second-order valence-electron chi connectivity index (χ2n) is 8.63. The summed E-state index contributed by atoms with van der Waals surface area (Å²) < 4.78 is 5.51. The second-order valence-corrected chi connectivity index (χ2v) is 8.63. The molecule has 0 spiro atoms. The third kappa shape index (κ3) is 6.23. The largest absolute Gasteiger partial charge is 0.482 e. The van der Waals surface area contributed by atoms with Crippen molar-refractivity contribution in [2.75, 3.05) is 13.2 Å². The molecule has 174 valence electrons. The van der Waals surface area contributed by atoms with Gasteiger partial charge in [-0.3, -0.25) is 15.3 Å². The number of rotatable bonds is 9. The predicted molar refractivity (Wildman–Crippen MR) is 128 cm³/mol. The number of allylic oxidation sites excluding steroid dienone is 2. The summed E-state index contributed by atoms with van der Waals surface area (Å²) >= 11 is 0. The molecule has 1 atom stereocenters. The van der Waals surface area contributed by atoms with E-state index in [1.807, 2.05) is 24.4 Å². The van der Waals surface area contributed by atoms with E-state index in [1.54, 1.807) is 6.20 Å². The normalized spacial score (nSPS) is 18.1. The summed E-state index contributed by atoms with van der Waals surface area (Å²) in [5.41, 5.74) is 9.08. The summed E-state index contributed by atoms with van der Waals surface area (Å²) in [5, 5.41) is 8.93. The zero-order valence-electron chi connectivity index (χ0n) is 19.0. The number of ether oxygens (including phenoxy) is 1. The van der Waals surface area contributed by atoms with Crippen LogP contribution in [0.2, 0.25) is 0 Å². The minimum absolute atomic E-state index is 0.278. The monoisotopic (exact) mass is 448 g/mol. The van der Waals surface area contributed by atoms with Crippen LogP contribution in [0.4, 0.5) is 0 Å². The van der Waals surface area contributed by atoms with E-state index < -0.39 is 5.97 Å². The fourth-order valence-electron chi connectivity index (χ4n) is 4.78. The van der Waals surface area contributed by atoms with Gasteiger partial charge in [0.15, 0.2) is 6.61 Å². The van der Waals surface area contributed by atoms with Crippen molar-refractivity contribution in [3.8, 4) is 5.75 Å². The SMILES string of the molecule is O=C(O)COc1cccc2c1CCCC2C=CCONC(=C1CCCCC1)c1cccnc1. The molecule has 2 aliphatic rings. The highest BCUT2D eigenvalue weighted by atomic mass is 16.6. The molecule has 0 saturated heterocycles. The summed E-state index contributed by atoms with van der Waals surface area (Å²) in [6.07, 6.45) is 16.9. The van der Waals surface area contributed by atoms with Crippen molar-refractivity contribution in [3.05, 3.63) is 77.1 Å². The number of hydrogen-bond donors (Lipinski definition) is 2. The number of hydrogen-bond acceptors (Lipinski definition) is 5. The Morgan fingerprint density at radius 3 is 2.79 bits per heavy atom. The maximum atomic E-state index is 10.9. The highest BCUT2D eigenvalue weighted by Crippen LogP contribution is 2.37. The number of fused-ring (bicyclic) bond motifs is 1. The average Bonchev–Trinajstić information content (AvgIpc) is 2.86. The Labute approximate surface area is 195 Å². The van der Waals surface area contributed by atoms with Gasteiger partial charge >= 0.3 is 5.97 Å². The number of carboxylic acid groups (broad SMARTS) is 1. The van der Waals surface area contributed by atoms with Crippen molar-refractivity contribution in [3.63, 3.8) is 0 Å². The molecule has 1 fully saturated rings. The Hall–Kier alpha value is -3.12. The molecule has 1 unspecified atom stereocenters. The van der Waals surface area contributed by atoms with E-state index in [9.17, 15) is 4.79 Å². The maximum Gasteiger partial charge on any atom is 0.341 e. The number of carboxylic acids is 1. The summed E-state index contributed by atoms with van der Waals surface area (Å²) in [6, 6.07) is 9.94. The quantitative estimate of drug-likeness (QED) is 0.303. The smallest absolute Gasteiger partial charge is 0.341 e. The van der Waals surface area contributed by atoms with Crippen molar-refractivity contribution in [1.82, 2.24) is 10.5 Å². The standard InChI is InChI=1S/C27H32N2O4/c30-26(31)19-32-25-15-5-13-23-20(10-4-14-24(23)25)12-7-17-33-29-27(21-8-2-1-3-9-21)22-11-6-16-28-18-22/h5-7,11-13,15-16,18,20,29H,1-4,8-10,14,17,19H2,(H,30,31). The van der Waals surface area contributed by atoms with Gasteiger partial charge in [-0.15, -0.1) is 0 Å². The topological polar surface area (TPSA) is 80.7 Å². The number of carbonyl (C=O) groups is 1. The van der Waals surface area contributed by atoms with Gasteiger partial charge in [0.1, 0.15) is 5.75 Å². The average molecular weight is 449 g/mol. The van der Waals surface area contributed by atoms with Gasteiger partial charge in [0, 0.05) is 23.9 Å². The molecule has 2 aliphatic carbocycles. The molecule has 0 aliphatic heterocycles. The van der Waals surface area contributed by atoms with Gasteiger partial charge in [0.05, 0.1) is 12.3 Å². The predicted octanol–water partition coefficient (Wildman–Crippen LogP) is 5.42. The number of benzene rings is 1. The van der Waals surface area contributed by atoms with Gasteiger partial charge < -0.3 is 9.84 Å². The lowest BCUT2D eigenvalue weighted by Crippen LogP contribution is -2.17. The van der Waals surface area contributed by atoms with E-state index >= 15 is 0 Å². The molecule has 6 nitrogen and oxygen atoms in total. The van der Waals surface area contributed by atoms with Crippen LogP contribution in [0.25, 0.3) is 5.70 Å². The van der Waals surface area contributed by atoms with Crippen molar-refractivity contribution in [2.45, 2.75) is 57.3 Å². The Bertz CT molecular complexity index is 992. The molecular formula is C27H32N2O4. The molecule has 1 aromatic heterocycles. The van der Waals surface area contributed by atoms with Crippen LogP contribution in [0.1, 0.15) is 67.6 Å². The number of hydroxylamine groups is 1. The highest BCUT2D eigenvalue weighted by Gasteiger charge is 2.21. The molecule has 1 saturated carbocycles. The molecule has 6 heteroatoms. The lowest BCUT2D eigenvalue weighted by molar-refractivity contribution is -0.139. The van der Waals surface area contributed by atoms with Crippen LogP contribution in [0.3, 0.4) is 0 Å². The van der Waals surface area contributed by atoms with E-state index in [4.69, 9.17) is 14.7 Å². The molecule has 0 amide bonds. The fraction of sp³-hybridized carbons (Fsp3) is 0.407. The highest BCUT2D eigenvalue weighted by molar-refractivity contribution is 5.68. The molecule has 33 heavy (non-hydrogen) atoms. The van der Waals surface area contributed by atoms with Crippen LogP contribution >= 0.6 is 0 Å². The van der Waals surface area contributed by atoms with E-state index in [0.717, 1.165) is 48.9 Å². The van der Waals surface area contributed by atoms with Crippen molar-refractivity contribution < 1.29 is 19.5 Å². The first-order valence-electron chi connectivity index (χ1n) is 11.9. The Morgan fingerprint density at radius 2 is 2.00 bits per heavy atom. The molecule has 1 heterocycles. The fourth-order valence-corrected chi connectivity index (χ4v) is 4.78. The van der Waals surface area contributed by atoms with Gasteiger partial charge in [-0.25, -0.2) is 4.79 Å². The minimum Gasteiger partial charge on any atom is -0.482 e. The maximum absolute atomic E-state index is 10.9. The van der Waals surface area contributed by atoms with Crippen LogP contribution in [0, 0.1) is 0 Å². The van der Waals surface area contributed by atoms with Gasteiger partial charge in [0.2, 0.25) is 0 Å². The molecule has 2 N–H and O–H groups in total. The van der Waals surface area contributed by atoms with E-state index in [-0.39, 0.29) is 12.5 Å². The number of aliphatic carboxylic acids is 1. The third-order valence-electron chi connectivity index (χ3n) is 6.34. The number of nitrogens with one attached hydrogen (secondary N) is 1. The second kappa shape index (κ2) is 11.7. The molecule has 4 rings (SSSR count). The van der Waals surface area contributed by atoms with Crippen LogP contribution in [-0.2, 0) is 16.1 Å². The van der Waals surface area contributed by atoms with Crippen molar-refractivity contribution in [1.29, 1.82) is 0 Å². The van der Waals surface area contributed by atoms with Crippen LogP contribution in [0.15, 0.2) is 60.5 Å². The van der Waals surface area contributed by atoms with E-state index in [2.05, 4.69) is 34.7 Å². The number of pyridine rings is 1. The third-order valence-corrected chi connectivity index (χ3v) is 6.34. The first-order chi connectivity index (χ1) is 16.2.